The summed E-state index contributed by atoms with van der Waals surface area (Å²) in [4.78, 5) is 8.33. The van der Waals surface area contributed by atoms with Crippen molar-refractivity contribution in [2.45, 2.75) is 13.8 Å². The summed E-state index contributed by atoms with van der Waals surface area (Å²) >= 11 is 0. The van der Waals surface area contributed by atoms with Crippen molar-refractivity contribution in [3.05, 3.63) is 66.4 Å². The number of benzene rings is 1. The van der Waals surface area contributed by atoms with Crippen molar-refractivity contribution in [1.82, 2.24) is 19.7 Å². The third-order valence-corrected chi connectivity index (χ3v) is 3.17. The number of hydrogen-bond acceptors (Lipinski definition) is 4. The first-order valence-corrected chi connectivity index (χ1v) is 6.77. The van der Waals surface area contributed by atoms with E-state index in [1.165, 1.54) is 12.4 Å². The Morgan fingerprint density at radius 3 is 2.68 bits per heavy atom. The number of anilines is 2. The number of aromatic nitrogens is 4. The van der Waals surface area contributed by atoms with Gasteiger partial charge in [0.25, 0.3) is 0 Å². The van der Waals surface area contributed by atoms with Gasteiger partial charge in [0.15, 0.2) is 5.82 Å². The molecular formula is C16H15FN5. The molecule has 111 valence electrons. The maximum absolute atomic E-state index is 13.8. The van der Waals surface area contributed by atoms with Gasteiger partial charge in [-0.1, -0.05) is 6.07 Å². The maximum atomic E-state index is 13.8. The molecule has 0 amide bonds. The Kier molecular flexibility index (Phi) is 3.58. The van der Waals surface area contributed by atoms with E-state index < -0.39 is 0 Å². The molecule has 0 unspecified atom stereocenters. The lowest BCUT2D eigenvalue weighted by Crippen LogP contribution is -2.04. The van der Waals surface area contributed by atoms with Crippen molar-refractivity contribution in [3.8, 4) is 5.82 Å². The highest BCUT2D eigenvalue weighted by Crippen LogP contribution is 2.21. The lowest BCUT2D eigenvalue weighted by molar-refractivity contribution is 0.631. The van der Waals surface area contributed by atoms with Gasteiger partial charge in [-0.25, -0.2) is 19.0 Å². The van der Waals surface area contributed by atoms with Gasteiger partial charge in [-0.3, -0.25) is 0 Å². The zero-order valence-electron chi connectivity index (χ0n) is 12.3. The Morgan fingerprint density at radius 1 is 1.14 bits per heavy atom. The molecule has 1 aromatic carbocycles. The quantitative estimate of drug-likeness (QED) is 0.805. The van der Waals surface area contributed by atoms with Crippen LogP contribution in [0.1, 0.15) is 17.0 Å². The predicted molar refractivity (Wildman–Crippen MR) is 82.8 cm³/mol. The van der Waals surface area contributed by atoms with Crippen LogP contribution in [0.3, 0.4) is 0 Å². The van der Waals surface area contributed by atoms with Crippen molar-refractivity contribution >= 4 is 11.5 Å². The maximum Gasteiger partial charge on any atom is 0.159 e. The molecule has 6 heteroatoms. The van der Waals surface area contributed by atoms with Gasteiger partial charge in [-0.05, 0) is 44.5 Å². The molecule has 3 aromatic rings. The molecule has 0 fully saturated rings. The molecule has 0 aliphatic heterocycles. The van der Waals surface area contributed by atoms with Crippen LogP contribution in [0, 0.1) is 26.6 Å². The number of rotatable bonds is 3. The molecule has 1 radical (unpaired) electrons. The molecule has 1 N–H and O–H groups in total. The summed E-state index contributed by atoms with van der Waals surface area (Å²) in [5, 5.41) is 7.32. The number of nitrogens with zero attached hydrogens (tertiary/aromatic N) is 4. The fraction of sp³-hybridized carbons (Fsp3) is 0.125. The van der Waals surface area contributed by atoms with E-state index in [4.69, 9.17) is 0 Å². The summed E-state index contributed by atoms with van der Waals surface area (Å²) in [6, 6.07) is 8.28. The minimum Gasteiger partial charge on any atom is -0.338 e. The number of hydrogen-bond donors (Lipinski definition) is 1. The largest absolute Gasteiger partial charge is 0.338 e. The highest BCUT2D eigenvalue weighted by atomic mass is 19.1. The van der Waals surface area contributed by atoms with E-state index in [9.17, 15) is 4.39 Å². The molecule has 3 rings (SSSR count). The first-order chi connectivity index (χ1) is 10.5. The van der Waals surface area contributed by atoms with E-state index in [-0.39, 0.29) is 5.82 Å². The molecule has 0 aliphatic rings. The Balaban J connectivity index is 1.94. The standard InChI is InChI=1S/C16H15FN5/c1-10-4-5-13(17)14(6-10)20-15-8-16(19-9-18-15)22-12(3)7-11(2)21-22/h4-9H,1H2,2-3H3,(H,18,19,20). The summed E-state index contributed by atoms with van der Waals surface area (Å²) in [7, 11) is 0. The first kappa shape index (κ1) is 14.2. The second-order valence-electron chi connectivity index (χ2n) is 5.04. The van der Waals surface area contributed by atoms with Crippen LogP contribution in [-0.2, 0) is 0 Å². The van der Waals surface area contributed by atoms with E-state index in [2.05, 4.69) is 27.3 Å². The molecule has 0 atom stereocenters. The molecule has 0 bridgehead atoms. The van der Waals surface area contributed by atoms with Gasteiger partial charge in [-0.15, -0.1) is 0 Å². The van der Waals surface area contributed by atoms with Gasteiger partial charge >= 0.3 is 0 Å². The number of aryl methyl sites for hydroxylation is 2. The van der Waals surface area contributed by atoms with E-state index in [1.54, 1.807) is 22.9 Å². The zero-order chi connectivity index (χ0) is 15.7. The Bertz CT molecular complexity index is 825. The molecule has 5 nitrogen and oxygen atoms in total. The molecular weight excluding hydrogens is 281 g/mol. The third kappa shape index (κ3) is 2.81. The second kappa shape index (κ2) is 5.55. The van der Waals surface area contributed by atoms with Crippen LogP contribution in [0.5, 0.6) is 0 Å². The summed E-state index contributed by atoms with van der Waals surface area (Å²) in [5.41, 5.74) is 2.91. The SMILES string of the molecule is [CH2]c1ccc(F)c(Nc2cc(-n3nc(C)cc3C)ncn2)c1. The number of nitrogens with one attached hydrogen (secondary N) is 1. The molecule has 2 heterocycles. The van der Waals surface area contributed by atoms with E-state index in [0.29, 0.717) is 17.3 Å². The van der Waals surface area contributed by atoms with E-state index in [0.717, 1.165) is 17.0 Å². The summed E-state index contributed by atoms with van der Waals surface area (Å²) in [5.74, 6) is 0.745. The highest BCUT2D eigenvalue weighted by molar-refractivity contribution is 5.59. The normalized spacial score (nSPS) is 10.7. The lowest BCUT2D eigenvalue weighted by atomic mass is 10.2. The van der Waals surface area contributed by atoms with Crippen molar-refractivity contribution in [3.63, 3.8) is 0 Å². The smallest absolute Gasteiger partial charge is 0.159 e. The molecule has 0 saturated heterocycles. The van der Waals surface area contributed by atoms with Crippen LogP contribution in [0.4, 0.5) is 15.9 Å². The molecule has 0 spiro atoms. The fourth-order valence-corrected chi connectivity index (χ4v) is 2.20. The van der Waals surface area contributed by atoms with Crippen LogP contribution in [0.2, 0.25) is 0 Å². The molecule has 2 aromatic heterocycles. The molecule has 22 heavy (non-hydrogen) atoms. The van der Waals surface area contributed by atoms with Crippen LogP contribution >= 0.6 is 0 Å². The predicted octanol–water partition coefficient (Wildman–Crippen LogP) is 3.34. The van der Waals surface area contributed by atoms with Gasteiger partial charge in [0.1, 0.15) is 18.0 Å². The Morgan fingerprint density at radius 2 is 1.95 bits per heavy atom. The van der Waals surface area contributed by atoms with Crippen molar-refractivity contribution in [2.75, 3.05) is 5.32 Å². The van der Waals surface area contributed by atoms with Crippen LogP contribution in [0.25, 0.3) is 5.82 Å². The van der Waals surface area contributed by atoms with Crippen molar-refractivity contribution in [2.24, 2.45) is 0 Å². The minimum absolute atomic E-state index is 0.325. The van der Waals surface area contributed by atoms with Crippen LogP contribution in [-0.4, -0.2) is 19.7 Å². The summed E-state index contributed by atoms with van der Waals surface area (Å²) < 4.78 is 15.5. The zero-order valence-corrected chi connectivity index (χ0v) is 12.3. The third-order valence-electron chi connectivity index (χ3n) is 3.17. The van der Waals surface area contributed by atoms with Gasteiger partial charge in [0.05, 0.1) is 11.4 Å². The topological polar surface area (TPSA) is 55.6 Å². The average Bonchev–Trinajstić information content (AvgIpc) is 2.82. The lowest BCUT2D eigenvalue weighted by Gasteiger charge is -2.09. The monoisotopic (exact) mass is 296 g/mol. The Hall–Kier alpha value is -2.76. The number of halogens is 1. The van der Waals surface area contributed by atoms with Gasteiger partial charge in [0.2, 0.25) is 0 Å². The Labute approximate surface area is 127 Å². The van der Waals surface area contributed by atoms with Crippen LogP contribution in [0.15, 0.2) is 36.7 Å². The van der Waals surface area contributed by atoms with Gasteiger partial charge in [-0.2, -0.15) is 5.10 Å². The summed E-state index contributed by atoms with van der Waals surface area (Å²) in [6.07, 6.45) is 1.42. The average molecular weight is 296 g/mol. The highest BCUT2D eigenvalue weighted by Gasteiger charge is 2.08. The fourth-order valence-electron chi connectivity index (χ4n) is 2.20. The van der Waals surface area contributed by atoms with E-state index in [1.807, 2.05) is 19.9 Å². The van der Waals surface area contributed by atoms with E-state index >= 15 is 0 Å². The van der Waals surface area contributed by atoms with Crippen LogP contribution < -0.4 is 5.32 Å². The minimum atomic E-state index is -0.362. The molecule has 0 aliphatic carbocycles. The summed E-state index contributed by atoms with van der Waals surface area (Å²) in [6.45, 7) is 7.65. The molecule has 0 saturated carbocycles. The first-order valence-electron chi connectivity index (χ1n) is 6.77. The van der Waals surface area contributed by atoms with Crippen molar-refractivity contribution < 1.29 is 4.39 Å². The van der Waals surface area contributed by atoms with Gasteiger partial charge < -0.3 is 5.32 Å². The van der Waals surface area contributed by atoms with Crippen molar-refractivity contribution in [1.29, 1.82) is 0 Å². The van der Waals surface area contributed by atoms with Gasteiger partial charge in [0, 0.05) is 11.8 Å². The second-order valence-corrected chi connectivity index (χ2v) is 5.04.